The van der Waals surface area contributed by atoms with Crippen LogP contribution in [0.2, 0.25) is 0 Å². The van der Waals surface area contributed by atoms with Crippen LogP contribution in [0.5, 0.6) is 11.5 Å². The number of amides is 1. The van der Waals surface area contributed by atoms with E-state index in [1.807, 2.05) is 39.0 Å². The van der Waals surface area contributed by atoms with Crippen molar-refractivity contribution in [1.29, 1.82) is 0 Å². The topological polar surface area (TPSA) is 90.7 Å². The van der Waals surface area contributed by atoms with Crippen LogP contribution >= 0.6 is 0 Å². The molecule has 0 aliphatic rings. The molecule has 2 aromatic rings. The van der Waals surface area contributed by atoms with Crippen molar-refractivity contribution < 1.29 is 19.2 Å². The van der Waals surface area contributed by atoms with Crippen LogP contribution in [0.3, 0.4) is 0 Å². The zero-order valence-corrected chi connectivity index (χ0v) is 15.2. The molecule has 7 nitrogen and oxygen atoms in total. The van der Waals surface area contributed by atoms with E-state index in [1.54, 1.807) is 6.07 Å². The molecule has 0 aromatic heterocycles. The van der Waals surface area contributed by atoms with Crippen LogP contribution in [-0.2, 0) is 4.79 Å². The third-order valence-electron chi connectivity index (χ3n) is 3.91. The fourth-order valence-electron chi connectivity index (χ4n) is 2.55. The van der Waals surface area contributed by atoms with Gasteiger partial charge >= 0.3 is 5.69 Å². The highest BCUT2D eigenvalue weighted by Gasteiger charge is 2.18. The summed E-state index contributed by atoms with van der Waals surface area (Å²) in [7, 11) is 1.42. The fraction of sp³-hybridized carbons (Fsp3) is 0.316. The quantitative estimate of drug-likeness (QED) is 0.595. The minimum Gasteiger partial charge on any atom is -0.496 e. The molecule has 0 saturated heterocycles. The number of nitro groups is 1. The number of aryl methyl sites for hydroxylation is 1. The monoisotopic (exact) mass is 358 g/mol. The van der Waals surface area contributed by atoms with E-state index in [4.69, 9.17) is 9.47 Å². The Bertz CT molecular complexity index is 818. The largest absolute Gasteiger partial charge is 0.496 e. The van der Waals surface area contributed by atoms with Gasteiger partial charge in [-0.2, -0.15) is 0 Å². The molecule has 26 heavy (non-hydrogen) atoms. The summed E-state index contributed by atoms with van der Waals surface area (Å²) in [6.45, 7) is 5.67. The van der Waals surface area contributed by atoms with Crippen molar-refractivity contribution in [2.24, 2.45) is 0 Å². The summed E-state index contributed by atoms with van der Waals surface area (Å²) in [6, 6.07) is 10.0. The molecule has 1 N–H and O–H groups in total. The number of benzene rings is 2. The number of para-hydroxylation sites is 1. The molecule has 2 aromatic carbocycles. The van der Waals surface area contributed by atoms with Gasteiger partial charge in [0.1, 0.15) is 5.75 Å². The Balaban J connectivity index is 2.12. The average molecular weight is 358 g/mol. The Morgan fingerprint density at radius 3 is 2.62 bits per heavy atom. The van der Waals surface area contributed by atoms with Crippen LogP contribution in [-0.4, -0.2) is 24.5 Å². The molecule has 0 bridgehead atoms. The van der Waals surface area contributed by atoms with Gasteiger partial charge in [-0.25, -0.2) is 0 Å². The minimum absolute atomic E-state index is 0.0137. The Morgan fingerprint density at radius 1 is 1.27 bits per heavy atom. The van der Waals surface area contributed by atoms with Gasteiger partial charge in [0.25, 0.3) is 5.91 Å². The Morgan fingerprint density at radius 2 is 2.00 bits per heavy atom. The van der Waals surface area contributed by atoms with Crippen molar-refractivity contribution in [2.75, 3.05) is 19.0 Å². The molecule has 138 valence electrons. The molecule has 0 radical (unpaired) electrons. The smallest absolute Gasteiger partial charge is 0.314 e. The Kier molecular flexibility index (Phi) is 6.16. The van der Waals surface area contributed by atoms with E-state index in [2.05, 4.69) is 5.32 Å². The van der Waals surface area contributed by atoms with Crippen molar-refractivity contribution in [1.82, 2.24) is 0 Å². The van der Waals surface area contributed by atoms with E-state index < -0.39 is 4.92 Å². The van der Waals surface area contributed by atoms with Crippen LogP contribution in [0.25, 0.3) is 0 Å². The van der Waals surface area contributed by atoms with Crippen LogP contribution in [0.15, 0.2) is 36.4 Å². The molecule has 0 saturated carbocycles. The first-order valence-electron chi connectivity index (χ1n) is 8.18. The third-order valence-corrected chi connectivity index (χ3v) is 3.91. The number of anilines is 1. The molecule has 0 heterocycles. The summed E-state index contributed by atoms with van der Waals surface area (Å²) in [5.74, 6) is 0.218. The van der Waals surface area contributed by atoms with Gasteiger partial charge in [0.15, 0.2) is 12.4 Å². The standard InChI is InChI=1S/C19H22N2O5/c1-12(2)15-7-5-6-13(3)19(15)20-18(22)11-26-17-9-8-14(25-4)10-16(17)21(23)24/h5-10,12H,11H2,1-4H3,(H,20,22). The second kappa shape index (κ2) is 8.33. The summed E-state index contributed by atoms with van der Waals surface area (Å²) in [4.78, 5) is 22.9. The zero-order valence-electron chi connectivity index (χ0n) is 15.2. The molecule has 0 spiro atoms. The normalized spacial score (nSPS) is 10.5. The lowest BCUT2D eigenvalue weighted by Crippen LogP contribution is -2.22. The molecular formula is C19H22N2O5. The lowest BCUT2D eigenvalue weighted by molar-refractivity contribution is -0.385. The summed E-state index contributed by atoms with van der Waals surface area (Å²) in [5, 5.41) is 14.0. The van der Waals surface area contributed by atoms with Crippen molar-refractivity contribution in [3.05, 3.63) is 57.6 Å². The lowest BCUT2D eigenvalue weighted by atomic mass is 9.98. The third kappa shape index (κ3) is 4.50. The van der Waals surface area contributed by atoms with Gasteiger partial charge in [-0.15, -0.1) is 0 Å². The summed E-state index contributed by atoms with van der Waals surface area (Å²) in [6.07, 6.45) is 0. The number of carbonyl (C=O) groups excluding carboxylic acids is 1. The van der Waals surface area contributed by atoms with Crippen molar-refractivity contribution in [3.63, 3.8) is 0 Å². The second-order valence-electron chi connectivity index (χ2n) is 6.12. The van der Waals surface area contributed by atoms with Gasteiger partial charge in [0.05, 0.1) is 18.1 Å². The number of nitrogens with zero attached hydrogens (tertiary/aromatic N) is 1. The van der Waals surface area contributed by atoms with Gasteiger partial charge < -0.3 is 14.8 Å². The predicted octanol–water partition coefficient (Wildman–Crippen LogP) is 4.05. The molecule has 2 rings (SSSR count). The lowest BCUT2D eigenvalue weighted by Gasteiger charge is -2.16. The Hall–Kier alpha value is -3.09. The predicted molar refractivity (Wildman–Crippen MR) is 99.0 cm³/mol. The summed E-state index contributed by atoms with van der Waals surface area (Å²) >= 11 is 0. The number of nitrogens with one attached hydrogen (secondary N) is 1. The van der Waals surface area contributed by atoms with Crippen LogP contribution < -0.4 is 14.8 Å². The first-order valence-corrected chi connectivity index (χ1v) is 8.18. The van der Waals surface area contributed by atoms with Crippen molar-refractivity contribution in [3.8, 4) is 11.5 Å². The zero-order chi connectivity index (χ0) is 19.3. The number of nitro benzene ring substituents is 1. The van der Waals surface area contributed by atoms with E-state index in [0.717, 1.165) is 16.8 Å². The number of ether oxygens (including phenoxy) is 2. The van der Waals surface area contributed by atoms with E-state index in [9.17, 15) is 14.9 Å². The van der Waals surface area contributed by atoms with E-state index in [-0.39, 0.29) is 29.9 Å². The Labute approximate surface area is 152 Å². The first-order chi connectivity index (χ1) is 12.3. The van der Waals surface area contributed by atoms with Gasteiger partial charge in [-0.05, 0) is 36.1 Å². The molecule has 1 amide bonds. The highest BCUT2D eigenvalue weighted by Crippen LogP contribution is 2.31. The highest BCUT2D eigenvalue weighted by molar-refractivity contribution is 5.93. The van der Waals surface area contributed by atoms with Gasteiger partial charge in [0, 0.05) is 5.69 Å². The van der Waals surface area contributed by atoms with Gasteiger partial charge in [0.2, 0.25) is 0 Å². The molecule has 0 aliphatic carbocycles. The summed E-state index contributed by atoms with van der Waals surface area (Å²) in [5.41, 5.74) is 2.46. The van der Waals surface area contributed by atoms with Crippen LogP contribution in [0, 0.1) is 17.0 Å². The number of hydrogen-bond acceptors (Lipinski definition) is 5. The highest BCUT2D eigenvalue weighted by atomic mass is 16.6. The van der Waals surface area contributed by atoms with E-state index in [0.29, 0.717) is 5.75 Å². The number of methoxy groups -OCH3 is 1. The van der Waals surface area contributed by atoms with E-state index in [1.165, 1.54) is 19.2 Å². The van der Waals surface area contributed by atoms with Gasteiger partial charge in [-0.1, -0.05) is 32.0 Å². The molecule has 0 aliphatic heterocycles. The maximum absolute atomic E-state index is 12.3. The van der Waals surface area contributed by atoms with Crippen LogP contribution in [0.4, 0.5) is 11.4 Å². The molecule has 0 fully saturated rings. The maximum atomic E-state index is 12.3. The minimum atomic E-state index is -0.575. The second-order valence-corrected chi connectivity index (χ2v) is 6.12. The molecule has 0 atom stereocenters. The number of hydrogen-bond donors (Lipinski definition) is 1. The molecule has 0 unspecified atom stereocenters. The van der Waals surface area contributed by atoms with Gasteiger partial charge in [-0.3, -0.25) is 14.9 Å². The first kappa shape index (κ1) is 19.2. The summed E-state index contributed by atoms with van der Waals surface area (Å²) < 4.78 is 10.3. The maximum Gasteiger partial charge on any atom is 0.314 e. The average Bonchev–Trinajstić information content (AvgIpc) is 2.61. The SMILES string of the molecule is COc1ccc(OCC(=O)Nc2c(C)cccc2C(C)C)c([N+](=O)[O-])c1. The fourth-order valence-corrected chi connectivity index (χ4v) is 2.55. The number of carbonyl (C=O) groups is 1. The molecular weight excluding hydrogens is 336 g/mol. The van der Waals surface area contributed by atoms with Crippen molar-refractivity contribution in [2.45, 2.75) is 26.7 Å². The van der Waals surface area contributed by atoms with Crippen molar-refractivity contribution >= 4 is 17.3 Å². The van der Waals surface area contributed by atoms with Crippen LogP contribution in [0.1, 0.15) is 30.9 Å². The molecule has 7 heteroatoms. The number of rotatable bonds is 7. The van der Waals surface area contributed by atoms with E-state index >= 15 is 0 Å².